The molecule has 8 heteroatoms. The number of esters is 1. The van der Waals surface area contributed by atoms with Gasteiger partial charge in [0.15, 0.2) is 5.16 Å². The number of benzene rings is 2. The van der Waals surface area contributed by atoms with E-state index in [0.717, 1.165) is 28.6 Å². The molecule has 3 aromatic rings. The Balaban J connectivity index is 2.01. The van der Waals surface area contributed by atoms with Crippen LogP contribution in [0.1, 0.15) is 11.1 Å². The number of carbonyl (C=O) groups excluding carboxylic acids is 2. The number of aromatic nitrogens is 2. The van der Waals surface area contributed by atoms with Crippen LogP contribution in [-0.4, -0.2) is 40.8 Å². The molecule has 150 valence electrons. The Morgan fingerprint density at radius 1 is 1.17 bits per heavy atom. The highest BCUT2D eigenvalue weighted by Gasteiger charge is 2.16. The van der Waals surface area contributed by atoms with Gasteiger partial charge in [0.2, 0.25) is 5.91 Å². The smallest absolute Gasteiger partial charge is 0.325 e. The van der Waals surface area contributed by atoms with Gasteiger partial charge in [0.25, 0.3) is 5.56 Å². The fourth-order valence-electron chi connectivity index (χ4n) is 2.81. The summed E-state index contributed by atoms with van der Waals surface area (Å²) >= 11 is 1.14. The lowest BCUT2D eigenvalue weighted by molar-refractivity contribution is -0.140. The number of fused-ring (bicyclic) bond motifs is 1. The molecule has 1 N–H and O–H groups in total. The van der Waals surface area contributed by atoms with E-state index in [1.165, 1.54) is 7.11 Å². The first-order valence-electron chi connectivity index (χ1n) is 8.96. The largest absolute Gasteiger partial charge is 0.468 e. The third-order valence-electron chi connectivity index (χ3n) is 4.34. The lowest BCUT2D eigenvalue weighted by Gasteiger charge is -2.15. The highest BCUT2D eigenvalue weighted by molar-refractivity contribution is 7.99. The molecule has 29 heavy (non-hydrogen) atoms. The molecule has 1 aromatic heterocycles. The SMILES string of the molecule is COC(=O)CNC(=O)CSc1nc2ccccc2c(=O)n1-c1cc(C)ccc1C. The summed E-state index contributed by atoms with van der Waals surface area (Å²) in [5.74, 6) is -0.873. The Kier molecular flexibility index (Phi) is 6.33. The second-order valence-electron chi connectivity index (χ2n) is 6.48. The van der Waals surface area contributed by atoms with Crippen molar-refractivity contribution in [2.45, 2.75) is 19.0 Å². The topological polar surface area (TPSA) is 90.3 Å². The van der Waals surface area contributed by atoms with Crippen LogP contribution in [0.25, 0.3) is 16.6 Å². The minimum absolute atomic E-state index is 0.00659. The summed E-state index contributed by atoms with van der Waals surface area (Å²) in [6.45, 7) is 3.67. The summed E-state index contributed by atoms with van der Waals surface area (Å²) in [5, 5.41) is 3.41. The van der Waals surface area contributed by atoms with Crippen LogP contribution in [0.15, 0.2) is 52.4 Å². The molecule has 0 aliphatic carbocycles. The normalized spacial score (nSPS) is 10.7. The summed E-state index contributed by atoms with van der Waals surface area (Å²) < 4.78 is 6.05. The van der Waals surface area contributed by atoms with Crippen LogP contribution >= 0.6 is 11.8 Å². The van der Waals surface area contributed by atoms with Crippen molar-refractivity contribution < 1.29 is 14.3 Å². The van der Waals surface area contributed by atoms with Crippen LogP contribution < -0.4 is 10.9 Å². The van der Waals surface area contributed by atoms with Crippen LogP contribution in [0.5, 0.6) is 0 Å². The summed E-state index contributed by atoms with van der Waals surface area (Å²) in [4.78, 5) is 41.2. The fourth-order valence-corrected chi connectivity index (χ4v) is 3.64. The molecule has 0 radical (unpaired) electrons. The average molecular weight is 411 g/mol. The number of thioether (sulfide) groups is 1. The molecule has 2 aromatic carbocycles. The summed E-state index contributed by atoms with van der Waals surface area (Å²) in [7, 11) is 1.26. The van der Waals surface area contributed by atoms with Crippen molar-refractivity contribution in [2.75, 3.05) is 19.4 Å². The van der Waals surface area contributed by atoms with Gasteiger partial charge in [0.1, 0.15) is 6.54 Å². The van der Waals surface area contributed by atoms with Crippen molar-refractivity contribution in [1.82, 2.24) is 14.9 Å². The van der Waals surface area contributed by atoms with Gasteiger partial charge in [-0.1, -0.05) is 36.0 Å². The van der Waals surface area contributed by atoms with Gasteiger partial charge in [0.05, 0.1) is 29.5 Å². The van der Waals surface area contributed by atoms with Crippen molar-refractivity contribution in [2.24, 2.45) is 0 Å². The number of para-hydroxylation sites is 1. The second kappa shape index (κ2) is 8.91. The van der Waals surface area contributed by atoms with Gasteiger partial charge in [-0.25, -0.2) is 4.98 Å². The van der Waals surface area contributed by atoms with Crippen LogP contribution in [0.2, 0.25) is 0 Å². The van der Waals surface area contributed by atoms with E-state index < -0.39 is 5.97 Å². The maximum atomic E-state index is 13.3. The molecule has 0 saturated heterocycles. The number of nitrogens with zero attached hydrogens (tertiary/aromatic N) is 2. The Bertz CT molecular complexity index is 1140. The van der Waals surface area contributed by atoms with Crippen molar-refractivity contribution in [1.29, 1.82) is 0 Å². The third kappa shape index (κ3) is 4.65. The molecule has 3 rings (SSSR count). The molecular weight excluding hydrogens is 390 g/mol. The van der Waals surface area contributed by atoms with E-state index >= 15 is 0 Å². The minimum Gasteiger partial charge on any atom is -0.468 e. The van der Waals surface area contributed by atoms with Crippen molar-refractivity contribution >= 4 is 34.5 Å². The van der Waals surface area contributed by atoms with Crippen LogP contribution in [0.4, 0.5) is 0 Å². The van der Waals surface area contributed by atoms with Gasteiger partial charge >= 0.3 is 5.97 Å². The van der Waals surface area contributed by atoms with E-state index in [4.69, 9.17) is 0 Å². The summed E-state index contributed by atoms with van der Waals surface area (Å²) in [6.07, 6.45) is 0. The van der Waals surface area contributed by atoms with Crippen LogP contribution in [0, 0.1) is 13.8 Å². The van der Waals surface area contributed by atoms with E-state index in [2.05, 4.69) is 15.0 Å². The maximum Gasteiger partial charge on any atom is 0.325 e. The molecular formula is C21H21N3O4S. The number of ether oxygens (including phenoxy) is 1. The van der Waals surface area contributed by atoms with Gasteiger partial charge in [0, 0.05) is 0 Å². The predicted octanol–water partition coefficient (Wildman–Crippen LogP) is 2.38. The number of hydrogen-bond donors (Lipinski definition) is 1. The molecule has 7 nitrogen and oxygen atoms in total. The van der Waals surface area contributed by atoms with Gasteiger partial charge in [-0.2, -0.15) is 0 Å². The zero-order chi connectivity index (χ0) is 21.0. The second-order valence-corrected chi connectivity index (χ2v) is 7.43. The molecule has 1 amide bonds. The van der Waals surface area contributed by atoms with Gasteiger partial charge in [-0.3, -0.25) is 19.0 Å². The van der Waals surface area contributed by atoms with Gasteiger partial charge in [-0.15, -0.1) is 0 Å². The average Bonchev–Trinajstić information content (AvgIpc) is 2.72. The molecule has 0 spiro atoms. The first-order valence-corrected chi connectivity index (χ1v) is 9.95. The summed E-state index contributed by atoms with van der Waals surface area (Å²) in [6, 6.07) is 13.0. The zero-order valence-electron chi connectivity index (χ0n) is 16.4. The highest BCUT2D eigenvalue weighted by atomic mass is 32.2. The Labute approximate surface area is 172 Å². The van der Waals surface area contributed by atoms with Crippen molar-refractivity contribution in [3.63, 3.8) is 0 Å². The van der Waals surface area contributed by atoms with Crippen molar-refractivity contribution in [3.05, 3.63) is 63.9 Å². The van der Waals surface area contributed by atoms with Crippen LogP contribution in [-0.2, 0) is 14.3 Å². The molecule has 0 aliphatic heterocycles. The lowest BCUT2D eigenvalue weighted by atomic mass is 10.1. The van der Waals surface area contributed by atoms with Gasteiger partial charge in [-0.05, 0) is 43.2 Å². The van der Waals surface area contributed by atoms with Crippen molar-refractivity contribution in [3.8, 4) is 5.69 Å². The van der Waals surface area contributed by atoms with Gasteiger partial charge < -0.3 is 10.1 Å². The molecule has 0 atom stereocenters. The van der Waals surface area contributed by atoms with E-state index in [9.17, 15) is 14.4 Å². The molecule has 0 aliphatic rings. The van der Waals surface area contributed by atoms with E-state index in [-0.39, 0.29) is 23.8 Å². The maximum absolute atomic E-state index is 13.3. The number of rotatable bonds is 6. The highest BCUT2D eigenvalue weighted by Crippen LogP contribution is 2.23. The number of hydrogen-bond acceptors (Lipinski definition) is 6. The Morgan fingerprint density at radius 2 is 1.93 bits per heavy atom. The number of amides is 1. The Morgan fingerprint density at radius 3 is 2.69 bits per heavy atom. The Hall–Kier alpha value is -3.13. The molecule has 0 fully saturated rings. The number of aryl methyl sites for hydroxylation is 2. The molecule has 0 unspecified atom stereocenters. The standard InChI is InChI=1S/C21H21N3O4S/c1-13-8-9-14(2)17(10-13)24-20(27)15-6-4-5-7-16(15)23-21(24)29-12-18(25)22-11-19(26)28-3/h4-10H,11-12H2,1-3H3,(H,22,25). The first kappa shape index (κ1) is 20.6. The molecule has 1 heterocycles. The summed E-state index contributed by atoms with van der Waals surface area (Å²) in [5.41, 5.74) is 3.04. The van der Waals surface area contributed by atoms with Crippen LogP contribution in [0.3, 0.4) is 0 Å². The lowest BCUT2D eigenvalue weighted by Crippen LogP contribution is -2.31. The van der Waals surface area contributed by atoms with E-state index in [1.807, 2.05) is 38.1 Å². The molecule has 0 bridgehead atoms. The van der Waals surface area contributed by atoms with E-state index in [1.54, 1.807) is 22.8 Å². The third-order valence-corrected chi connectivity index (χ3v) is 5.28. The quantitative estimate of drug-likeness (QED) is 0.381. The fraction of sp³-hybridized carbons (Fsp3) is 0.238. The number of methoxy groups -OCH3 is 1. The number of carbonyl (C=O) groups is 2. The monoisotopic (exact) mass is 411 g/mol. The predicted molar refractivity (Wildman–Crippen MR) is 113 cm³/mol. The number of nitrogens with one attached hydrogen (secondary N) is 1. The molecule has 0 saturated carbocycles. The zero-order valence-corrected chi connectivity index (χ0v) is 17.2. The van der Waals surface area contributed by atoms with E-state index in [0.29, 0.717) is 16.1 Å². The minimum atomic E-state index is -0.528. The first-order chi connectivity index (χ1) is 13.9.